The van der Waals surface area contributed by atoms with Gasteiger partial charge in [-0.3, -0.25) is 0 Å². The minimum absolute atomic E-state index is 0.792. The molecule has 0 bridgehead atoms. The lowest BCUT2D eigenvalue weighted by atomic mass is 9.80. The van der Waals surface area contributed by atoms with Crippen LogP contribution in [0.4, 0.5) is 0 Å². The molecule has 0 spiro atoms. The molecule has 1 saturated heterocycles. The third-order valence-corrected chi connectivity index (χ3v) is 2.98. The van der Waals surface area contributed by atoms with Crippen LogP contribution in [0.1, 0.15) is 38.5 Å². The first-order chi connectivity index (χ1) is 4.97. The van der Waals surface area contributed by atoms with Gasteiger partial charge < -0.3 is 0 Å². The Kier molecular flexibility index (Phi) is 1.94. The third kappa shape index (κ3) is 1.20. The maximum Gasteiger partial charge on any atom is 0.0286 e. The molecular formula is C9H16N. The van der Waals surface area contributed by atoms with Crippen molar-refractivity contribution in [1.29, 1.82) is 0 Å². The second kappa shape index (κ2) is 2.91. The molecule has 0 aromatic heterocycles. The van der Waals surface area contributed by atoms with Gasteiger partial charge in [0.25, 0.3) is 0 Å². The fraction of sp³-hybridized carbons (Fsp3) is 1.00. The summed E-state index contributed by atoms with van der Waals surface area (Å²) in [6.45, 7) is 1.15. The Morgan fingerprint density at radius 3 is 2.10 bits per heavy atom. The van der Waals surface area contributed by atoms with Crippen LogP contribution in [-0.4, -0.2) is 12.6 Å². The summed E-state index contributed by atoms with van der Waals surface area (Å²) in [6.07, 6.45) is 8.74. The van der Waals surface area contributed by atoms with Gasteiger partial charge in [0.2, 0.25) is 0 Å². The molecular weight excluding hydrogens is 122 g/mol. The van der Waals surface area contributed by atoms with Crippen molar-refractivity contribution in [3.8, 4) is 0 Å². The molecule has 2 fully saturated rings. The zero-order valence-corrected chi connectivity index (χ0v) is 6.55. The Labute approximate surface area is 63.2 Å². The van der Waals surface area contributed by atoms with Gasteiger partial charge in [0.05, 0.1) is 0 Å². The van der Waals surface area contributed by atoms with E-state index in [2.05, 4.69) is 5.32 Å². The smallest absolute Gasteiger partial charge is 0.0286 e. The number of nitrogens with zero attached hydrogens (tertiary/aromatic N) is 1. The average molecular weight is 138 g/mol. The summed E-state index contributed by atoms with van der Waals surface area (Å²) >= 11 is 0. The molecule has 1 heterocycles. The SMILES string of the molecule is C1CCC(C2CC[N]2)CC1. The highest BCUT2D eigenvalue weighted by Crippen LogP contribution is 2.30. The third-order valence-electron chi connectivity index (χ3n) is 2.98. The van der Waals surface area contributed by atoms with Crippen LogP contribution in [0, 0.1) is 5.92 Å². The summed E-state index contributed by atoms with van der Waals surface area (Å²) in [5, 5.41) is 4.49. The van der Waals surface area contributed by atoms with Crippen LogP contribution >= 0.6 is 0 Å². The molecule has 1 atom stereocenters. The summed E-state index contributed by atoms with van der Waals surface area (Å²) in [5.74, 6) is 0.988. The van der Waals surface area contributed by atoms with Gasteiger partial charge >= 0.3 is 0 Å². The van der Waals surface area contributed by atoms with Gasteiger partial charge in [0, 0.05) is 12.6 Å². The molecule has 1 heteroatoms. The zero-order valence-electron chi connectivity index (χ0n) is 6.55. The minimum atomic E-state index is 0.792. The fourth-order valence-electron chi connectivity index (χ4n) is 2.18. The molecule has 1 radical (unpaired) electrons. The van der Waals surface area contributed by atoms with Gasteiger partial charge in [0.15, 0.2) is 0 Å². The van der Waals surface area contributed by atoms with Gasteiger partial charge in [-0.15, -0.1) is 0 Å². The van der Waals surface area contributed by atoms with Gasteiger partial charge in [0.1, 0.15) is 0 Å². The van der Waals surface area contributed by atoms with E-state index in [1.807, 2.05) is 0 Å². The molecule has 0 aromatic carbocycles. The fourth-order valence-corrected chi connectivity index (χ4v) is 2.18. The van der Waals surface area contributed by atoms with Crippen molar-refractivity contribution in [2.24, 2.45) is 5.92 Å². The van der Waals surface area contributed by atoms with E-state index in [-0.39, 0.29) is 0 Å². The Morgan fingerprint density at radius 2 is 1.60 bits per heavy atom. The van der Waals surface area contributed by atoms with E-state index in [9.17, 15) is 0 Å². The molecule has 1 unspecified atom stereocenters. The highest BCUT2D eigenvalue weighted by atomic mass is 15.0. The molecule has 0 amide bonds. The minimum Gasteiger partial charge on any atom is -0.238 e. The van der Waals surface area contributed by atoms with Crippen molar-refractivity contribution >= 4 is 0 Å². The van der Waals surface area contributed by atoms with E-state index in [0.717, 1.165) is 18.5 Å². The standard InChI is InChI=1S/C9H16N/c1-2-4-8(5-3-1)9-6-7-10-9/h8-9H,1-7H2. The number of hydrogen-bond acceptors (Lipinski definition) is 0. The molecule has 57 valence electrons. The van der Waals surface area contributed by atoms with E-state index in [0.29, 0.717) is 0 Å². The summed E-state index contributed by atoms with van der Waals surface area (Å²) in [7, 11) is 0. The first-order valence-electron chi connectivity index (χ1n) is 4.63. The van der Waals surface area contributed by atoms with Crippen LogP contribution in [0.15, 0.2) is 0 Å². The van der Waals surface area contributed by atoms with Crippen molar-refractivity contribution < 1.29 is 0 Å². The lowest BCUT2D eigenvalue weighted by molar-refractivity contribution is 0.202. The Balaban J connectivity index is 1.78. The van der Waals surface area contributed by atoms with E-state index in [1.165, 1.54) is 38.5 Å². The summed E-state index contributed by atoms with van der Waals surface area (Å²) in [6, 6.07) is 0.792. The zero-order chi connectivity index (χ0) is 6.81. The average Bonchev–Trinajstić information content (AvgIpc) is 1.86. The van der Waals surface area contributed by atoms with Crippen molar-refractivity contribution in [2.75, 3.05) is 6.54 Å². The van der Waals surface area contributed by atoms with Crippen molar-refractivity contribution in [3.05, 3.63) is 0 Å². The van der Waals surface area contributed by atoms with Crippen molar-refractivity contribution in [1.82, 2.24) is 5.32 Å². The molecule has 2 aliphatic rings. The van der Waals surface area contributed by atoms with Crippen LogP contribution < -0.4 is 5.32 Å². The highest BCUT2D eigenvalue weighted by molar-refractivity contribution is 4.85. The maximum absolute atomic E-state index is 4.49. The van der Waals surface area contributed by atoms with Gasteiger partial charge in [-0.1, -0.05) is 19.3 Å². The second-order valence-electron chi connectivity index (χ2n) is 3.66. The molecule has 1 aliphatic carbocycles. The second-order valence-corrected chi connectivity index (χ2v) is 3.66. The summed E-state index contributed by atoms with van der Waals surface area (Å²) in [5.41, 5.74) is 0. The maximum atomic E-state index is 4.49. The van der Waals surface area contributed by atoms with E-state index in [4.69, 9.17) is 0 Å². The van der Waals surface area contributed by atoms with E-state index in [1.54, 1.807) is 0 Å². The largest absolute Gasteiger partial charge is 0.238 e. The van der Waals surface area contributed by atoms with Crippen LogP contribution in [-0.2, 0) is 0 Å². The Bertz CT molecular complexity index is 101. The summed E-state index contributed by atoms with van der Waals surface area (Å²) < 4.78 is 0. The molecule has 0 aromatic rings. The molecule has 2 rings (SSSR count). The lowest BCUT2D eigenvalue weighted by Gasteiger charge is -2.35. The predicted octanol–water partition coefficient (Wildman–Crippen LogP) is 1.94. The molecule has 0 N–H and O–H groups in total. The van der Waals surface area contributed by atoms with Crippen LogP contribution in [0.25, 0.3) is 0 Å². The molecule has 1 saturated carbocycles. The van der Waals surface area contributed by atoms with Crippen LogP contribution in [0.2, 0.25) is 0 Å². The molecule has 10 heavy (non-hydrogen) atoms. The Hall–Kier alpha value is -0.0400. The van der Waals surface area contributed by atoms with Gasteiger partial charge in [-0.25, -0.2) is 5.32 Å². The van der Waals surface area contributed by atoms with E-state index >= 15 is 0 Å². The van der Waals surface area contributed by atoms with Gasteiger partial charge in [-0.05, 0) is 25.2 Å². The quantitative estimate of drug-likeness (QED) is 0.526. The van der Waals surface area contributed by atoms with Gasteiger partial charge in [-0.2, -0.15) is 0 Å². The predicted molar refractivity (Wildman–Crippen MR) is 42.0 cm³/mol. The monoisotopic (exact) mass is 138 g/mol. The molecule has 1 aliphatic heterocycles. The summed E-state index contributed by atoms with van der Waals surface area (Å²) in [4.78, 5) is 0. The van der Waals surface area contributed by atoms with Crippen LogP contribution in [0.3, 0.4) is 0 Å². The topological polar surface area (TPSA) is 14.1 Å². The highest BCUT2D eigenvalue weighted by Gasteiger charge is 2.28. The number of rotatable bonds is 1. The molecule has 1 nitrogen and oxygen atoms in total. The van der Waals surface area contributed by atoms with Crippen molar-refractivity contribution in [3.63, 3.8) is 0 Å². The first-order valence-corrected chi connectivity index (χ1v) is 4.63. The van der Waals surface area contributed by atoms with Crippen LogP contribution in [0.5, 0.6) is 0 Å². The normalized spacial score (nSPS) is 35.4. The van der Waals surface area contributed by atoms with E-state index < -0.39 is 0 Å². The first kappa shape index (κ1) is 6.66. The lowest BCUT2D eigenvalue weighted by Crippen LogP contribution is -2.42. The van der Waals surface area contributed by atoms with Crippen molar-refractivity contribution in [2.45, 2.75) is 44.6 Å². The number of hydrogen-bond donors (Lipinski definition) is 0. The Morgan fingerprint density at radius 1 is 0.900 bits per heavy atom.